The predicted molar refractivity (Wildman–Crippen MR) is 96.4 cm³/mol. The fraction of sp³-hybridized carbons (Fsp3) is 0.333. The van der Waals surface area contributed by atoms with E-state index >= 15 is 0 Å². The molecule has 2 aromatic rings. The summed E-state index contributed by atoms with van der Waals surface area (Å²) in [5, 5.41) is 0. The van der Waals surface area contributed by atoms with Crippen LogP contribution in [0.5, 0.6) is 11.5 Å². The molecule has 1 aliphatic rings. The first-order valence-corrected chi connectivity index (χ1v) is 8.76. The summed E-state index contributed by atoms with van der Waals surface area (Å²) in [6, 6.07) is 14.7. The van der Waals surface area contributed by atoms with Crippen LogP contribution < -0.4 is 9.47 Å². The van der Waals surface area contributed by atoms with E-state index in [1.807, 2.05) is 30.3 Å². The molecule has 1 aliphatic carbocycles. The zero-order valence-corrected chi connectivity index (χ0v) is 14.8. The number of ketones is 1. The van der Waals surface area contributed by atoms with Gasteiger partial charge in [-0.25, -0.2) is 4.79 Å². The molecule has 0 heterocycles. The van der Waals surface area contributed by atoms with Gasteiger partial charge in [0.05, 0.1) is 12.7 Å². The Kier molecular flexibility index (Phi) is 5.89. The monoisotopic (exact) mass is 354 g/mol. The molecular formula is C21H22O5. The van der Waals surface area contributed by atoms with Gasteiger partial charge in [0.25, 0.3) is 0 Å². The Morgan fingerprint density at radius 1 is 1.08 bits per heavy atom. The van der Waals surface area contributed by atoms with Crippen LogP contribution in [-0.4, -0.2) is 25.0 Å². The van der Waals surface area contributed by atoms with Crippen LogP contribution in [0.25, 0.3) is 0 Å². The van der Waals surface area contributed by atoms with Crippen LogP contribution in [0.4, 0.5) is 0 Å². The second kappa shape index (κ2) is 8.52. The summed E-state index contributed by atoms with van der Waals surface area (Å²) in [6.45, 7) is 0.400. The van der Waals surface area contributed by atoms with Crippen LogP contribution in [0.15, 0.2) is 48.5 Å². The number of ether oxygens (including phenoxy) is 3. The molecule has 2 aromatic carbocycles. The predicted octanol–water partition coefficient (Wildman–Crippen LogP) is 3.94. The molecule has 1 saturated carbocycles. The van der Waals surface area contributed by atoms with Gasteiger partial charge in [-0.3, -0.25) is 4.79 Å². The SMILES string of the molecule is COc1cc(C(=O)O[C@H]2CCCCC2=O)ccc1OCc1ccccc1. The topological polar surface area (TPSA) is 61.8 Å². The van der Waals surface area contributed by atoms with Gasteiger partial charge in [-0.2, -0.15) is 0 Å². The number of hydrogen-bond donors (Lipinski definition) is 0. The van der Waals surface area contributed by atoms with Crippen LogP contribution in [0.1, 0.15) is 41.6 Å². The lowest BCUT2D eigenvalue weighted by molar-refractivity contribution is -0.129. The maximum absolute atomic E-state index is 12.3. The van der Waals surface area contributed by atoms with Gasteiger partial charge in [0, 0.05) is 6.42 Å². The molecule has 0 aromatic heterocycles. The number of esters is 1. The van der Waals surface area contributed by atoms with Crippen LogP contribution in [0.2, 0.25) is 0 Å². The van der Waals surface area contributed by atoms with Gasteiger partial charge in [-0.1, -0.05) is 30.3 Å². The van der Waals surface area contributed by atoms with E-state index in [0.717, 1.165) is 18.4 Å². The van der Waals surface area contributed by atoms with Crippen LogP contribution in [0, 0.1) is 0 Å². The normalized spacial score (nSPS) is 16.8. The quantitative estimate of drug-likeness (QED) is 0.735. The number of benzene rings is 2. The Morgan fingerprint density at radius 3 is 2.62 bits per heavy atom. The van der Waals surface area contributed by atoms with Gasteiger partial charge in [-0.15, -0.1) is 0 Å². The lowest BCUT2D eigenvalue weighted by atomic mass is 9.96. The van der Waals surface area contributed by atoms with Crippen molar-refractivity contribution in [1.29, 1.82) is 0 Å². The summed E-state index contributed by atoms with van der Waals surface area (Å²) >= 11 is 0. The maximum Gasteiger partial charge on any atom is 0.338 e. The minimum Gasteiger partial charge on any atom is -0.493 e. The van der Waals surface area contributed by atoms with Crippen molar-refractivity contribution in [3.8, 4) is 11.5 Å². The van der Waals surface area contributed by atoms with E-state index in [4.69, 9.17) is 14.2 Å². The van der Waals surface area contributed by atoms with Crippen molar-refractivity contribution < 1.29 is 23.8 Å². The number of carbonyl (C=O) groups excluding carboxylic acids is 2. The molecule has 26 heavy (non-hydrogen) atoms. The Hall–Kier alpha value is -2.82. The highest BCUT2D eigenvalue weighted by molar-refractivity contribution is 5.93. The van der Waals surface area contributed by atoms with E-state index in [1.54, 1.807) is 18.2 Å². The van der Waals surface area contributed by atoms with Crippen molar-refractivity contribution in [3.63, 3.8) is 0 Å². The molecule has 1 atom stereocenters. The lowest BCUT2D eigenvalue weighted by Crippen LogP contribution is -2.30. The zero-order chi connectivity index (χ0) is 18.4. The number of rotatable bonds is 6. The van der Waals surface area contributed by atoms with Gasteiger partial charge < -0.3 is 14.2 Å². The molecule has 0 saturated heterocycles. The van der Waals surface area contributed by atoms with E-state index in [-0.39, 0.29) is 5.78 Å². The highest BCUT2D eigenvalue weighted by Crippen LogP contribution is 2.29. The largest absolute Gasteiger partial charge is 0.493 e. The maximum atomic E-state index is 12.3. The third-order valence-corrected chi connectivity index (χ3v) is 4.38. The third-order valence-electron chi connectivity index (χ3n) is 4.38. The fourth-order valence-electron chi connectivity index (χ4n) is 2.92. The summed E-state index contributed by atoms with van der Waals surface area (Å²) in [5.74, 6) is 0.476. The van der Waals surface area contributed by atoms with Crippen molar-refractivity contribution >= 4 is 11.8 Å². The molecule has 0 radical (unpaired) electrons. The fourth-order valence-corrected chi connectivity index (χ4v) is 2.92. The molecule has 0 aliphatic heterocycles. The van der Waals surface area contributed by atoms with Crippen LogP contribution in [-0.2, 0) is 16.1 Å². The highest BCUT2D eigenvalue weighted by atomic mass is 16.5. The molecule has 3 rings (SSSR count). The second-order valence-corrected chi connectivity index (χ2v) is 6.25. The van der Waals surface area contributed by atoms with E-state index in [1.165, 1.54) is 7.11 Å². The Balaban J connectivity index is 1.67. The number of methoxy groups -OCH3 is 1. The van der Waals surface area contributed by atoms with Gasteiger partial charge in [0.15, 0.2) is 23.4 Å². The molecule has 0 bridgehead atoms. The molecule has 0 spiro atoms. The number of Topliss-reactive ketones (excluding diaryl/α,β-unsaturated/α-hetero) is 1. The second-order valence-electron chi connectivity index (χ2n) is 6.25. The summed E-state index contributed by atoms with van der Waals surface area (Å²) in [6.07, 6.45) is 2.22. The summed E-state index contributed by atoms with van der Waals surface area (Å²) < 4.78 is 16.5. The average molecular weight is 354 g/mol. The van der Waals surface area contributed by atoms with Gasteiger partial charge >= 0.3 is 5.97 Å². The zero-order valence-electron chi connectivity index (χ0n) is 14.8. The smallest absolute Gasteiger partial charge is 0.338 e. The summed E-state index contributed by atoms with van der Waals surface area (Å²) in [5.41, 5.74) is 1.38. The minimum atomic E-state index is -0.628. The molecular weight excluding hydrogens is 332 g/mol. The minimum absolute atomic E-state index is 0.000574. The van der Waals surface area contributed by atoms with Crippen molar-refractivity contribution in [2.75, 3.05) is 7.11 Å². The Labute approximate surface area is 152 Å². The lowest BCUT2D eigenvalue weighted by Gasteiger charge is -2.21. The Morgan fingerprint density at radius 2 is 1.88 bits per heavy atom. The molecule has 5 nitrogen and oxygen atoms in total. The van der Waals surface area contributed by atoms with Crippen LogP contribution >= 0.6 is 0 Å². The first-order valence-electron chi connectivity index (χ1n) is 8.76. The average Bonchev–Trinajstić information content (AvgIpc) is 2.68. The standard InChI is InChI=1S/C21H22O5/c1-24-20-13-16(21(23)26-18-10-6-5-9-17(18)22)11-12-19(20)25-14-15-7-3-2-4-8-15/h2-4,7-8,11-13,18H,5-6,9-10,14H2,1H3/t18-/m0/s1. The summed E-state index contributed by atoms with van der Waals surface area (Å²) in [4.78, 5) is 24.2. The van der Waals surface area contributed by atoms with Gasteiger partial charge in [-0.05, 0) is 43.0 Å². The Bertz CT molecular complexity index is 769. The van der Waals surface area contributed by atoms with Crippen molar-refractivity contribution in [2.45, 2.75) is 38.4 Å². The van der Waals surface area contributed by atoms with Crippen molar-refractivity contribution in [1.82, 2.24) is 0 Å². The van der Waals surface area contributed by atoms with Gasteiger partial charge in [0.1, 0.15) is 6.61 Å². The number of carbonyl (C=O) groups is 2. The van der Waals surface area contributed by atoms with E-state index in [9.17, 15) is 9.59 Å². The third kappa shape index (κ3) is 4.42. The van der Waals surface area contributed by atoms with Gasteiger partial charge in [0.2, 0.25) is 0 Å². The molecule has 5 heteroatoms. The molecule has 0 amide bonds. The molecule has 136 valence electrons. The highest BCUT2D eigenvalue weighted by Gasteiger charge is 2.26. The van der Waals surface area contributed by atoms with E-state index < -0.39 is 12.1 Å². The molecule has 0 unspecified atom stereocenters. The van der Waals surface area contributed by atoms with Crippen LogP contribution in [0.3, 0.4) is 0 Å². The molecule has 0 N–H and O–H groups in total. The van der Waals surface area contributed by atoms with E-state index in [2.05, 4.69) is 0 Å². The first-order chi connectivity index (χ1) is 12.7. The van der Waals surface area contributed by atoms with E-state index in [0.29, 0.717) is 36.5 Å². The molecule has 1 fully saturated rings. The summed E-state index contributed by atoms with van der Waals surface area (Å²) in [7, 11) is 1.52. The van der Waals surface area contributed by atoms with Crippen molar-refractivity contribution in [2.24, 2.45) is 0 Å². The first kappa shape index (κ1) is 18.0. The number of hydrogen-bond acceptors (Lipinski definition) is 5. The van der Waals surface area contributed by atoms with Crippen molar-refractivity contribution in [3.05, 3.63) is 59.7 Å².